The molecule has 0 unspecified atom stereocenters. The zero-order chi connectivity index (χ0) is 2.71. The van der Waals surface area contributed by atoms with Crippen LogP contribution in [0.25, 0.3) is 0 Å². The maximum absolute atomic E-state index is 4.95. The molecule has 0 rings (SSSR count). The molecule has 0 nitrogen and oxygen atoms in total. The van der Waals surface area contributed by atoms with E-state index in [-0.39, 0.29) is 7.43 Å². The van der Waals surface area contributed by atoms with Gasteiger partial charge in [-0.1, -0.05) is 7.43 Å². The fourth-order valence-corrected chi connectivity index (χ4v) is 0. The number of halogens is 2. The Labute approximate surface area is 42.2 Å². The van der Waals surface area contributed by atoms with Crippen molar-refractivity contribution in [3.63, 3.8) is 0 Å². The van der Waals surface area contributed by atoms with Crippen LogP contribution >= 0.6 is 19.4 Å². The molecular formula is CH3Cl2Zn. The first-order valence-electron chi connectivity index (χ1n) is 0.535. The number of hydrogen-bond acceptors (Lipinski definition) is 0. The van der Waals surface area contributed by atoms with Crippen molar-refractivity contribution in [2.75, 3.05) is 0 Å². The first kappa shape index (κ1) is 8.96. The number of rotatable bonds is 0. The molecule has 0 fully saturated rings. The third-order valence-corrected chi connectivity index (χ3v) is 0. The van der Waals surface area contributed by atoms with E-state index >= 15 is 0 Å². The fourth-order valence-electron chi connectivity index (χ4n) is 0. The van der Waals surface area contributed by atoms with E-state index in [0.29, 0.717) is 0 Å². The molecule has 0 aliphatic rings. The van der Waals surface area contributed by atoms with Gasteiger partial charge in [-0.15, -0.1) is 0 Å². The van der Waals surface area contributed by atoms with Crippen LogP contribution in [0.4, 0.5) is 0 Å². The van der Waals surface area contributed by atoms with Crippen LogP contribution in [0, 0.1) is 7.43 Å². The summed E-state index contributed by atoms with van der Waals surface area (Å²) in [6, 6.07) is 0. The van der Waals surface area contributed by atoms with E-state index in [1.807, 2.05) is 0 Å². The van der Waals surface area contributed by atoms with Crippen LogP contribution < -0.4 is 0 Å². The van der Waals surface area contributed by atoms with Crippen LogP contribution in [0.1, 0.15) is 0 Å². The first-order chi connectivity index (χ1) is 1.41. The van der Waals surface area contributed by atoms with Gasteiger partial charge in [0.25, 0.3) is 0 Å². The van der Waals surface area contributed by atoms with E-state index < -0.39 is 15.1 Å². The van der Waals surface area contributed by atoms with E-state index in [0.717, 1.165) is 0 Å². The van der Waals surface area contributed by atoms with Gasteiger partial charge in [-0.2, -0.15) is 0 Å². The molecule has 23 valence electrons. The predicted molar refractivity (Wildman–Crippen MR) is 18.1 cm³/mol. The third-order valence-electron chi connectivity index (χ3n) is 0. The van der Waals surface area contributed by atoms with Gasteiger partial charge in [0, 0.05) is 0 Å². The fraction of sp³-hybridized carbons (Fsp3) is 0. The van der Waals surface area contributed by atoms with Crippen LogP contribution in [0.2, 0.25) is 0 Å². The molecule has 4 heavy (non-hydrogen) atoms. The van der Waals surface area contributed by atoms with E-state index in [4.69, 9.17) is 19.4 Å². The maximum atomic E-state index is 4.95. The van der Waals surface area contributed by atoms with Crippen molar-refractivity contribution in [3.8, 4) is 0 Å². The summed E-state index contributed by atoms with van der Waals surface area (Å²) in [5.74, 6) is 0. The van der Waals surface area contributed by atoms with Crippen LogP contribution in [0.15, 0.2) is 0 Å². The van der Waals surface area contributed by atoms with Gasteiger partial charge in [-0.05, 0) is 0 Å². The standard InChI is InChI=1S/CH3.2ClH.Zn/h1H3;2*1H;/q;;;+2/p-2. The Morgan fingerprint density at radius 3 is 1.25 bits per heavy atom. The predicted octanol–water partition coefficient (Wildman–Crippen LogP) is 1.83. The first-order valence-corrected chi connectivity index (χ1v) is 8.33. The van der Waals surface area contributed by atoms with Crippen molar-refractivity contribution in [2.24, 2.45) is 0 Å². The van der Waals surface area contributed by atoms with Crippen LogP contribution in [0.3, 0.4) is 0 Å². The molecular weight excluding hydrogens is 148 g/mol. The second-order valence-corrected chi connectivity index (χ2v) is 4.72. The summed E-state index contributed by atoms with van der Waals surface area (Å²) in [5.41, 5.74) is 0. The Bertz CT molecular complexity index is 6.00. The Hall–Kier alpha value is 1.20. The van der Waals surface area contributed by atoms with Gasteiger partial charge in [0.1, 0.15) is 0 Å². The Balaban J connectivity index is 0. The average Bonchev–Trinajstić information content (AvgIpc) is 0.918. The molecule has 0 bridgehead atoms. The quantitative estimate of drug-likeness (QED) is 0.463. The van der Waals surface area contributed by atoms with Gasteiger partial charge in [0.05, 0.1) is 0 Å². The van der Waals surface area contributed by atoms with Crippen molar-refractivity contribution in [2.45, 2.75) is 0 Å². The number of hydrogen-bond donors (Lipinski definition) is 0. The van der Waals surface area contributed by atoms with E-state index in [2.05, 4.69) is 0 Å². The SMILES string of the molecule is [CH3].[Cl][Zn][Cl]. The molecule has 0 aromatic carbocycles. The van der Waals surface area contributed by atoms with Gasteiger partial charge in [-0.25, -0.2) is 0 Å². The van der Waals surface area contributed by atoms with Gasteiger partial charge < -0.3 is 0 Å². The Morgan fingerprint density at radius 1 is 1.25 bits per heavy atom. The average molecular weight is 151 g/mol. The van der Waals surface area contributed by atoms with Gasteiger partial charge in [0.2, 0.25) is 0 Å². The van der Waals surface area contributed by atoms with Crippen molar-refractivity contribution in [1.29, 1.82) is 0 Å². The van der Waals surface area contributed by atoms with E-state index in [9.17, 15) is 0 Å². The van der Waals surface area contributed by atoms with Crippen molar-refractivity contribution < 1.29 is 15.1 Å². The summed E-state index contributed by atoms with van der Waals surface area (Å²) in [6.45, 7) is 0. The van der Waals surface area contributed by atoms with Crippen molar-refractivity contribution in [1.82, 2.24) is 0 Å². The third kappa shape index (κ3) is 10.7. The van der Waals surface area contributed by atoms with Gasteiger partial charge in [0.15, 0.2) is 0 Å². The van der Waals surface area contributed by atoms with Crippen molar-refractivity contribution in [3.05, 3.63) is 7.43 Å². The molecule has 3 heteroatoms. The topological polar surface area (TPSA) is 0 Å². The second kappa shape index (κ2) is 8.88. The van der Waals surface area contributed by atoms with Crippen molar-refractivity contribution >= 4 is 19.4 Å². The summed E-state index contributed by atoms with van der Waals surface area (Å²) in [6.07, 6.45) is 0. The molecule has 0 amide bonds. The summed E-state index contributed by atoms with van der Waals surface area (Å²) < 4.78 is 0. The summed E-state index contributed by atoms with van der Waals surface area (Å²) in [4.78, 5) is 0. The Morgan fingerprint density at radius 2 is 1.25 bits per heavy atom. The minimum atomic E-state index is -0.931. The van der Waals surface area contributed by atoms with E-state index in [1.165, 1.54) is 0 Å². The minimum absolute atomic E-state index is 0. The summed E-state index contributed by atoms with van der Waals surface area (Å²) in [7, 11) is 9.90. The zero-order valence-electron chi connectivity index (χ0n) is 2.46. The summed E-state index contributed by atoms with van der Waals surface area (Å²) >= 11 is -0.931. The molecule has 0 heterocycles. The molecule has 1 radical (unpaired) electrons. The Kier molecular flexibility index (Phi) is 19.9. The summed E-state index contributed by atoms with van der Waals surface area (Å²) in [5, 5.41) is 0. The zero-order valence-corrected chi connectivity index (χ0v) is 6.94. The molecule has 0 aromatic heterocycles. The van der Waals surface area contributed by atoms with Gasteiger partial charge in [-0.3, -0.25) is 0 Å². The molecule has 0 saturated carbocycles. The molecule has 0 spiro atoms. The molecule has 0 aliphatic carbocycles. The van der Waals surface area contributed by atoms with E-state index in [1.54, 1.807) is 0 Å². The monoisotopic (exact) mass is 149 g/mol. The molecule has 0 aromatic rings. The molecule has 0 aliphatic heterocycles. The second-order valence-electron chi connectivity index (χ2n) is 0.101. The molecule has 0 N–H and O–H groups in total. The van der Waals surface area contributed by atoms with Gasteiger partial charge >= 0.3 is 34.5 Å². The van der Waals surface area contributed by atoms with Crippen LogP contribution in [-0.4, -0.2) is 0 Å². The molecule has 0 atom stereocenters. The molecule has 0 saturated heterocycles. The van der Waals surface area contributed by atoms with Crippen LogP contribution in [0.5, 0.6) is 0 Å². The van der Waals surface area contributed by atoms with Crippen LogP contribution in [-0.2, 0) is 15.1 Å². The normalized spacial score (nSPS) is 2.50.